The zero-order valence-electron chi connectivity index (χ0n) is 13.3. The van der Waals surface area contributed by atoms with Crippen molar-refractivity contribution in [2.24, 2.45) is 0 Å². The fourth-order valence-corrected chi connectivity index (χ4v) is 2.60. The van der Waals surface area contributed by atoms with E-state index in [1.807, 2.05) is 12.1 Å². The van der Waals surface area contributed by atoms with Gasteiger partial charge in [0.05, 0.1) is 5.52 Å². The summed E-state index contributed by atoms with van der Waals surface area (Å²) in [4.78, 5) is 13.5. The van der Waals surface area contributed by atoms with E-state index in [-0.39, 0.29) is 5.97 Å². The summed E-state index contributed by atoms with van der Waals surface area (Å²) in [6.07, 6.45) is 4.22. The Labute approximate surface area is 126 Å². The molecule has 21 heavy (non-hydrogen) atoms. The Morgan fingerprint density at radius 3 is 2.71 bits per heavy atom. The second-order valence-electron chi connectivity index (χ2n) is 5.64. The molecule has 0 aliphatic carbocycles. The summed E-state index contributed by atoms with van der Waals surface area (Å²) < 4.78 is 7.66. The summed E-state index contributed by atoms with van der Waals surface area (Å²) in [5.74, 6) is 0.396. The lowest BCUT2D eigenvalue weighted by Gasteiger charge is -2.09. The molecular weight excluding hydrogens is 264 g/mol. The number of hydrogen-bond acceptors (Lipinski definition) is 3. The highest BCUT2D eigenvalue weighted by atomic mass is 16.5. The Morgan fingerprint density at radius 1 is 1.33 bits per heavy atom. The number of ether oxygens (including phenoxy) is 1. The van der Waals surface area contributed by atoms with Gasteiger partial charge in [-0.25, -0.2) is 0 Å². The summed E-state index contributed by atoms with van der Waals surface area (Å²) in [7, 11) is 4.14. The lowest BCUT2D eigenvalue weighted by atomic mass is 10.1. The maximum Gasteiger partial charge on any atom is 0.308 e. The highest BCUT2D eigenvalue weighted by molar-refractivity contribution is 5.91. The van der Waals surface area contributed by atoms with Crippen LogP contribution >= 0.6 is 0 Å². The topological polar surface area (TPSA) is 34.5 Å². The van der Waals surface area contributed by atoms with Crippen LogP contribution in [0.15, 0.2) is 24.4 Å². The quantitative estimate of drug-likeness (QED) is 0.605. The molecule has 4 heteroatoms. The maximum atomic E-state index is 11.3. The van der Waals surface area contributed by atoms with Crippen molar-refractivity contribution in [2.45, 2.75) is 33.2 Å². The Hall–Kier alpha value is -1.81. The largest absolute Gasteiger partial charge is 0.426 e. The first-order valence-electron chi connectivity index (χ1n) is 7.46. The second-order valence-corrected chi connectivity index (χ2v) is 5.64. The number of nitrogens with zero attached hydrogens (tertiary/aromatic N) is 2. The third-order valence-corrected chi connectivity index (χ3v) is 3.49. The number of carbonyl (C=O) groups excluding carboxylic acids is 1. The highest BCUT2D eigenvalue weighted by Gasteiger charge is 2.14. The zero-order valence-corrected chi connectivity index (χ0v) is 13.3. The molecule has 0 aliphatic rings. The van der Waals surface area contributed by atoms with Crippen molar-refractivity contribution >= 4 is 16.9 Å². The summed E-state index contributed by atoms with van der Waals surface area (Å²) in [6, 6.07) is 5.92. The second kappa shape index (κ2) is 6.76. The van der Waals surface area contributed by atoms with Crippen molar-refractivity contribution in [1.29, 1.82) is 0 Å². The fraction of sp³-hybridized carbons (Fsp3) is 0.471. The predicted octanol–water partition coefficient (Wildman–Crippen LogP) is 3.08. The maximum absolute atomic E-state index is 11.3. The van der Waals surface area contributed by atoms with Crippen molar-refractivity contribution < 1.29 is 9.53 Å². The third-order valence-electron chi connectivity index (χ3n) is 3.49. The number of aromatic nitrogens is 1. The summed E-state index contributed by atoms with van der Waals surface area (Å²) in [5, 5.41) is 1.07. The van der Waals surface area contributed by atoms with Gasteiger partial charge in [-0.1, -0.05) is 13.0 Å². The van der Waals surface area contributed by atoms with Crippen molar-refractivity contribution in [1.82, 2.24) is 9.47 Å². The molecule has 0 aliphatic heterocycles. The van der Waals surface area contributed by atoms with Crippen LogP contribution in [0.4, 0.5) is 0 Å². The molecule has 114 valence electrons. The van der Waals surface area contributed by atoms with E-state index in [1.165, 1.54) is 12.5 Å². The summed E-state index contributed by atoms with van der Waals surface area (Å²) in [6.45, 7) is 5.56. The van der Waals surface area contributed by atoms with Crippen molar-refractivity contribution in [3.8, 4) is 5.75 Å². The van der Waals surface area contributed by atoms with Gasteiger partial charge < -0.3 is 14.2 Å². The number of benzene rings is 1. The van der Waals surface area contributed by atoms with E-state index in [0.29, 0.717) is 5.75 Å². The number of carbonyl (C=O) groups is 1. The number of likely N-dealkylation sites (N-methyl/N-ethyl adjacent to an activating group) is 1. The molecule has 0 spiro atoms. The Kier molecular flexibility index (Phi) is 5.02. The van der Waals surface area contributed by atoms with E-state index in [1.54, 1.807) is 0 Å². The zero-order chi connectivity index (χ0) is 15.4. The smallest absolute Gasteiger partial charge is 0.308 e. The van der Waals surface area contributed by atoms with Gasteiger partial charge in [-0.15, -0.1) is 0 Å². The first-order valence-corrected chi connectivity index (χ1v) is 7.46. The third kappa shape index (κ3) is 3.64. The van der Waals surface area contributed by atoms with Gasteiger partial charge in [0, 0.05) is 31.6 Å². The molecule has 0 radical (unpaired) electrons. The van der Waals surface area contributed by atoms with Gasteiger partial charge >= 0.3 is 5.97 Å². The predicted molar refractivity (Wildman–Crippen MR) is 85.8 cm³/mol. The van der Waals surface area contributed by atoms with E-state index in [4.69, 9.17) is 4.74 Å². The molecule has 0 bridgehead atoms. The minimum absolute atomic E-state index is 0.274. The van der Waals surface area contributed by atoms with Gasteiger partial charge in [0.15, 0.2) is 0 Å². The molecule has 0 saturated heterocycles. The van der Waals surface area contributed by atoms with Crippen molar-refractivity contribution in [2.75, 3.05) is 20.6 Å². The molecule has 4 nitrogen and oxygen atoms in total. The van der Waals surface area contributed by atoms with Gasteiger partial charge in [-0.2, -0.15) is 0 Å². The molecule has 0 atom stereocenters. The summed E-state index contributed by atoms with van der Waals surface area (Å²) in [5.41, 5.74) is 2.38. The molecule has 1 aromatic carbocycles. The molecule has 0 amide bonds. The Balaban J connectivity index is 2.50. The van der Waals surface area contributed by atoms with Gasteiger partial charge in [0.2, 0.25) is 0 Å². The van der Waals surface area contributed by atoms with Gasteiger partial charge in [-0.05, 0) is 44.6 Å². The van der Waals surface area contributed by atoms with Gasteiger partial charge in [0.1, 0.15) is 5.75 Å². The van der Waals surface area contributed by atoms with Crippen LogP contribution in [0.25, 0.3) is 10.9 Å². The van der Waals surface area contributed by atoms with Crippen molar-refractivity contribution in [3.05, 3.63) is 30.0 Å². The van der Waals surface area contributed by atoms with Crippen LogP contribution in [0, 0.1) is 0 Å². The van der Waals surface area contributed by atoms with Crippen LogP contribution in [0.1, 0.15) is 25.8 Å². The number of fused-ring (bicyclic) bond motifs is 1. The van der Waals surface area contributed by atoms with Crippen LogP contribution in [0.5, 0.6) is 5.75 Å². The van der Waals surface area contributed by atoms with E-state index < -0.39 is 0 Å². The van der Waals surface area contributed by atoms with Crippen molar-refractivity contribution in [3.63, 3.8) is 0 Å². The van der Waals surface area contributed by atoms with E-state index in [0.717, 1.165) is 36.8 Å². The van der Waals surface area contributed by atoms with Gasteiger partial charge in [0.25, 0.3) is 0 Å². The molecule has 0 fully saturated rings. The monoisotopic (exact) mass is 288 g/mol. The van der Waals surface area contributed by atoms with Crippen LogP contribution in [-0.4, -0.2) is 36.1 Å². The van der Waals surface area contributed by atoms with E-state index in [2.05, 4.69) is 42.7 Å². The van der Waals surface area contributed by atoms with Crippen LogP contribution in [-0.2, 0) is 17.8 Å². The van der Waals surface area contributed by atoms with Gasteiger partial charge in [-0.3, -0.25) is 4.79 Å². The molecule has 0 saturated carbocycles. The number of esters is 1. The first kappa shape index (κ1) is 15.6. The molecule has 2 rings (SSSR count). The average molecular weight is 288 g/mol. The molecular formula is C17H24N2O2. The lowest BCUT2D eigenvalue weighted by Crippen LogP contribution is -2.15. The normalized spacial score (nSPS) is 11.3. The highest BCUT2D eigenvalue weighted by Crippen LogP contribution is 2.31. The minimum Gasteiger partial charge on any atom is -0.426 e. The van der Waals surface area contributed by atoms with E-state index in [9.17, 15) is 4.79 Å². The Bertz CT molecular complexity index is 629. The molecule has 1 aromatic heterocycles. The average Bonchev–Trinajstić information content (AvgIpc) is 2.76. The first-order chi connectivity index (χ1) is 10.0. The van der Waals surface area contributed by atoms with E-state index >= 15 is 0 Å². The van der Waals surface area contributed by atoms with Crippen LogP contribution in [0.3, 0.4) is 0 Å². The fourth-order valence-electron chi connectivity index (χ4n) is 2.60. The molecule has 0 unspecified atom stereocenters. The molecule has 1 heterocycles. The molecule has 0 N–H and O–H groups in total. The summed E-state index contributed by atoms with van der Waals surface area (Å²) >= 11 is 0. The number of aryl methyl sites for hydroxylation is 1. The number of hydrogen-bond donors (Lipinski definition) is 0. The minimum atomic E-state index is -0.274. The standard InChI is InChI=1S/C17H24N2O2/c1-5-10-19-12-14(9-11-18(3)4)17-15(19)7-6-8-16(17)21-13(2)20/h6-8,12H,5,9-11H2,1-4H3. The number of rotatable bonds is 6. The molecule has 2 aromatic rings. The van der Waals surface area contributed by atoms with Crippen LogP contribution < -0.4 is 4.74 Å². The Morgan fingerprint density at radius 2 is 2.10 bits per heavy atom. The van der Waals surface area contributed by atoms with Crippen LogP contribution in [0.2, 0.25) is 0 Å². The SMILES string of the molecule is CCCn1cc(CCN(C)C)c2c(OC(C)=O)cccc21. The lowest BCUT2D eigenvalue weighted by molar-refractivity contribution is -0.131.